The van der Waals surface area contributed by atoms with Gasteiger partial charge in [-0.05, 0) is 82.4 Å². The first-order valence-corrected chi connectivity index (χ1v) is 10.7. The van der Waals surface area contributed by atoms with E-state index in [2.05, 4.69) is 45.0 Å². The number of carbonyl (C=O) groups excluding carboxylic acids is 1. The van der Waals surface area contributed by atoms with Gasteiger partial charge < -0.3 is 9.80 Å². The number of amides is 1. The third-order valence-electron chi connectivity index (χ3n) is 4.91. The van der Waals surface area contributed by atoms with Gasteiger partial charge in [-0.1, -0.05) is 17.4 Å². The molecule has 0 radical (unpaired) electrons. The van der Waals surface area contributed by atoms with Crippen LogP contribution >= 0.6 is 23.7 Å². The number of thiazole rings is 1. The van der Waals surface area contributed by atoms with Crippen LogP contribution in [-0.2, 0) is 0 Å². The minimum Gasteiger partial charge on any atom is -0.378 e. The van der Waals surface area contributed by atoms with Gasteiger partial charge in [-0.2, -0.15) is 0 Å². The van der Waals surface area contributed by atoms with Crippen LogP contribution in [0.5, 0.6) is 0 Å². The highest BCUT2D eigenvalue weighted by atomic mass is 35.5. The average Bonchev–Trinajstić information content (AvgIpc) is 3.08. The van der Waals surface area contributed by atoms with Crippen LogP contribution in [0.1, 0.15) is 27.9 Å². The van der Waals surface area contributed by atoms with E-state index in [0.29, 0.717) is 12.1 Å². The minimum atomic E-state index is 0. The summed E-state index contributed by atoms with van der Waals surface area (Å²) < 4.78 is 1.13. The van der Waals surface area contributed by atoms with Crippen LogP contribution in [0.25, 0.3) is 10.2 Å². The average molecular weight is 447 g/mol. The second kappa shape index (κ2) is 10.2. The first-order valence-electron chi connectivity index (χ1n) is 9.88. The third kappa shape index (κ3) is 5.50. The minimum absolute atomic E-state index is 0. The zero-order valence-corrected chi connectivity index (χ0v) is 20.2. The number of rotatable bonds is 7. The van der Waals surface area contributed by atoms with Gasteiger partial charge in [-0.25, -0.2) is 4.98 Å². The lowest BCUT2D eigenvalue weighted by Gasteiger charge is -2.21. The van der Waals surface area contributed by atoms with Crippen molar-refractivity contribution in [3.8, 4) is 0 Å². The highest BCUT2D eigenvalue weighted by Gasteiger charge is 2.22. The molecule has 0 atom stereocenters. The molecule has 1 aromatic heterocycles. The summed E-state index contributed by atoms with van der Waals surface area (Å²) in [5.74, 6) is 0.00231. The number of halogens is 1. The van der Waals surface area contributed by atoms with Crippen LogP contribution in [-0.4, -0.2) is 57.1 Å². The summed E-state index contributed by atoms with van der Waals surface area (Å²) >= 11 is 1.60. The summed E-state index contributed by atoms with van der Waals surface area (Å²) in [5, 5.41) is 0.772. The molecule has 0 saturated heterocycles. The van der Waals surface area contributed by atoms with Crippen molar-refractivity contribution in [3.05, 3.63) is 53.1 Å². The molecule has 3 rings (SSSR count). The number of carbonyl (C=O) groups is 1. The molecule has 2 aromatic carbocycles. The molecule has 0 aliphatic carbocycles. The number of hydrogen-bond donors (Lipinski definition) is 0. The Morgan fingerprint density at radius 1 is 1.00 bits per heavy atom. The first-order chi connectivity index (χ1) is 13.8. The van der Waals surface area contributed by atoms with Gasteiger partial charge in [0.15, 0.2) is 5.13 Å². The highest BCUT2D eigenvalue weighted by Crippen LogP contribution is 2.32. The van der Waals surface area contributed by atoms with Crippen molar-refractivity contribution in [2.45, 2.75) is 20.3 Å². The summed E-state index contributed by atoms with van der Waals surface area (Å²) in [6, 6.07) is 12.1. The molecule has 5 nitrogen and oxygen atoms in total. The van der Waals surface area contributed by atoms with E-state index in [1.54, 1.807) is 11.3 Å². The maximum atomic E-state index is 13.4. The van der Waals surface area contributed by atoms with Crippen LogP contribution in [0.15, 0.2) is 36.4 Å². The third-order valence-corrected chi connectivity index (χ3v) is 5.94. The SMILES string of the molecule is Cc1cc(C)c2nc(N(CCCN(C)C)C(=O)c3ccc(N(C)C)cc3)sc2c1.Cl. The Bertz CT molecular complexity index is 998. The molecule has 162 valence electrons. The maximum Gasteiger partial charge on any atom is 0.260 e. The second-order valence-corrected chi connectivity index (χ2v) is 8.99. The van der Waals surface area contributed by atoms with Crippen LogP contribution in [0.3, 0.4) is 0 Å². The van der Waals surface area contributed by atoms with Crippen molar-refractivity contribution in [1.82, 2.24) is 9.88 Å². The number of aryl methyl sites for hydroxylation is 2. The molecule has 7 heteroatoms. The molecular formula is C23H31ClN4OS. The Hall–Kier alpha value is -2.15. The summed E-state index contributed by atoms with van der Waals surface area (Å²) in [5.41, 5.74) is 5.12. The van der Waals surface area contributed by atoms with E-state index in [4.69, 9.17) is 4.98 Å². The Morgan fingerprint density at radius 2 is 1.67 bits per heavy atom. The molecule has 3 aromatic rings. The zero-order valence-electron chi connectivity index (χ0n) is 18.6. The number of aromatic nitrogens is 1. The molecule has 0 bridgehead atoms. The summed E-state index contributed by atoms with van der Waals surface area (Å²) in [6.07, 6.45) is 0.891. The predicted molar refractivity (Wildman–Crippen MR) is 132 cm³/mol. The smallest absolute Gasteiger partial charge is 0.260 e. The van der Waals surface area contributed by atoms with Gasteiger partial charge in [-0.3, -0.25) is 9.69 Å². The van der Waals surface area contributed by atoms with E-state index in [-0.39, 0.29) is 18.3 Å². The monoisotopic (exact) mass is 446 g/mol. The zero-order chi connectivity index (χ0) is 21.1. The first kappa shape index (κ1) is 24.1. The highest BCUT2D eigenvalue weighted by molar-refractivity contribution is 7.22. The fourth-order valence-corrected chi connectivity index (χ4v) is 4.53. The van der Waals surface area contributed by atoms with Gasteiger partial charge in [0.1, 0.15) is 0 Å². The van der Waals surface area contributed by atoms with E-state index in [1.807, 2.05) is 48.2 Å². The fourth-order valence-electron chi connectivity index (χ4n) is 3.36. The van der Waals surface area contributed by atoms with Gasteiger partial charge >= 0.3 is 0 Å². The van der Waals surface area contributed by atoms with Crippen LogP contribution < -0.4 is 9.80 Å². The molecule has 0 saturated carbocycles. The second-order valence-electron chi connectivity index (χ2n) is 7.98. The Balaban J connectivity index is 0.00000320. The maximum absolute atomic E-state index is 13.4. The van der Waals surface area contributed by atoms with E-state index in [1.165, 1.54) is 5.56 Å². The summed E-state index contributed by atoms with van der Waals surface area (Å²) in [6.45, 7) is 5.74. The van der Waals surface area contributed by atoms with Crippen molar-refractivity contribution < 1.29 is 4.79 Å². The molecule has 0 N–H and O–H groups in total. The molecule has 0 aliphatic rings. The lowest BCUT2D eigenvalue weighted by molar-refractivity contribution is 0.0986. The number of nitrogens with zero attached hydrogens (tertiary/aromatic N) is 4. The van der Waals surface area contributed by atoms with Crippen molar-refractivity contribution >= 4 is 50.7 Å². The Kier molecular flexibility index (Phi) is 8.24. The van der Waals surface area contributed by atoms with E-state index in [0.717, 1.165) is 39.6 Å². The van der Waals surface area contributed by atoms with Crippen molar-refractivity contribution in [2.75, 3.05) is 51.1 Å². The molecular weight excluding hydrogens is 416 g/mol. The summed E-state index contributed by atoms with van der Waals surface area (Å²) in [4.78, 5) is 24.3. The quantitative estimate of drug-likeness (QED) is 0.512. The number of hydrogen-bond acceptors (Lipinski definition) is 5. The van der Waals surface area contributed by atoms with E-state index < -0.39 is 0 Å². The van der Waals surface area contributed by atoms with Crippen LogP contribution in [0.4, 0.5) is 10.8 Å². The standard InChI is InChI=1S/C23H30N4OS.ClH/c1-16-14-17(2)21-20(15-16)29-23(24-21)27(13-7-12-25(3)4)22(28)18-8-10-19(11-9-18)26(5)6;/h8-11,14-15H,7,12-13H2,1-6H3;1H. The van der Waals surface area contributed by atoms with Gasteiger partial charge in [0.2, 0.25) is 0 Å². The molecule has 0 fully saturated rings. The molecule has 30 heavy (non-hydrogen) atoms. The molecule has 1 heterocycles. The normalized spacial score (nSPS) is 10.9. The van der Waals surface area contributed by atoms with E-state index >= 15 is 0 Å². The lowest BCUT2D eigenvalue weighted by atomic mass is 10.1. The number of fused-ring (bicyclic) bond motifs is 1. The molecule has 0 spiro atoms. The lowest BCUT2D eigenvalue weighted by Crippen LogP contribution is -2.33. The van der Waals surface area contributed by atoms with Crippen LogP contribution in [0, 0.1) is 13.8 Å². The van der Waals surface area contributed by atoms with Crippen molar-refractivity contribution in [3.63, 3.8) is 0 Å². The van der Waals surface area contributed by atoms with Gasteiger partial charge in [0.25, 0.3) is 5.91 Å². The van der Waals surface area contributed by atoms with Gasteiger partial charge in [0, 0.05) is 31.9 Å². The van der Waals surface area contributed by atoms with E-state index in [9.17, 15) is 4.79 Å². The Morgan fingerprint density at radius 3 is 2.27 bits per heavy atom. The largest absolute Gasteiger partial charge is 0.378 e. The van der Waals surface area contributed by atoms with Crippen LogP contribution in [0.2, 0.25) is 0 Å². The predicted octanol–water partition coefficient (Wildman–Crippen LogP) is 5.00. The molecule has 0 aliphatic heterocycles. The summed E-state index contributed by atoms with van der Waals surface area (Å²) in [7, 11) is 8.09. The fraction of sp³-hybridized carbons (Fsp3) is 0.391. The van der Waals surface area contributed by atoms with Gasteiger partial charge in [-0.15, -0.1) is 12.4 Å². The number of benzene rings is 2. The molecule has 1 amide bonds. The Labute approximate surface area is 189 Å². The van der Waals surface area contributed by atoms with Crippen molar-refractivity contribution in [1.29, 1.82) is 0 Å². The topological polar surface area (TPSA) is 39.7 Å². The van der Waals surface area contributed by atoms with Crippen molar-refractivity contribution in [2.24, 2.45) is 0 Å². The van der Waals surface area contributed by atoms with Gasteiger partial charge in [0.05, 0.1) is 10.2 Å². The molecule has 0 unspecified atom stereocenters. The number of anilines is 2.